The molecule has 0 aliphatic rings. The molecule has 3 nitrogen and oxygen atoms in total. The topological polar surface area (TPSA) is 41.1 Å². The van der Waals surface area contributed by atoms with Crippen molar-refractivity contribution in [1.82, 2.24) is 10.6 Å². The first-order chi connectivity index (χ1) is 6.58. The van der Waals surface area contributed by atoms with E-state index in [1.165, 1.54) is 9.75 Å². The molecule has 0 aromatic carbocycles. The van der Waals surface area contributed by atoms with Crippen LogP contribution in [0.25, 0.3) is 0 Å². The van der Waals surface area contributed by atoms with Gasteiger partial charge in [0.25, 0.3) is 0 Å². The second kappa shape index (κ2) is 5.00. The fourth-order valence-corrected chi connectivity index (χ4v) is 1.89. The van der Waals surface area contributed by atoms with Gasteiger partial charge in [-0.3, -0.25) is 0 Å². The van der Waals surface area contributed by atoms with Gasteiger partial charge in [-0.15, -0.1) is 11.3 Å². The molecular formula is C10H16N2OS. The molecule has 0 unspecified atom stereocenters. The van der Waals surface area contributed by atoms with Gasteiger partial charge in [0.2, 0.25) is 0 Å². The molecular weight excluding hydrogens is 196 g/mol. The molecule has 14 heavy (non-hydrogen) atoms. The van der Waals surface area contributed by atoms with Crippen LogP contribution in [-0.4, -0.2) is 12.1 Å². The number of aryl methyl sites for hydroxylation is 1. The van der Waals surface area contributed by atoms with Crippen LogP contribution in [0, 0.1) is 6.92 Å². The Balaban J connectivity index is 2.30. The summed E-state index contributed by atoms with van der Waals surface area (Å²) in [5.41, 5.74) is 0. The van der Waals surface area contributed by atoms with E-state index in [4.69, 9.17) is 0 Å². The van der Waals surface area contributed by atoms with Crippen molar-refractivity contribution in [2.75, 3.05) is 0 Å². The average molecular weight is 212 g/mol. The zero-order valence-electron chi connectivity index (χ0n) is 8.76. The first-order valence-electron chi connectivity index (χ1n) is 4.67. The van der Waals surface area contributed by atoms with Gasteiger partial charge >= 0.3 is 6.03 Å². The van der Waals surface area contributed by atoms with Crippen molar-refractivity contribution in [2.24, 2.45) is 0 Å². The quantitative estimate of drug-likeness (QED) is 0.793. The number of amides is 2. The van der Waals surface area contributed by atoms with Crippen LogP contribution in [0.5, 0.6) is 0 Å². The Morgan fingerprint density at radius 1 is 1.50 bits per heavy atom. The van der Waals surface area contributed by atoms with Gasteiger partial charge in [-0.05, 0) is 32.9 Å². The molecule has 1 aromatic rings. The number of urea groups is 1. The minimum absolute atomic E-state index is 0.106. The molecule has 0 spiro atoms. The van der Waals surface area contributed by atoms with Crippen molar-refractivity contribution in [3.8, 4) is 0 Å². The third kappa shape index (κ3) is 3.79. The van der Waals surface area contributed by atoms with Crippen LogP contribution in [-0.2, 0) is 6.54 Å². The highest BCUT2D eigenvalue weighted by Gasteiger charge is 2.02. The summed E-state index contributed by atoms with van der Waals surface area (Å²) < 4.78 is 0. The van der Waals surface area contributed by atoms with E-state index in [0.717, 1.165) is 0 Å². The molecule has 1 heterocycles. The number of nitrogens with one attached hydrogen (secondary N) is 2. The van der Waals surface area contributed by atoms with Gasteiger partial charge in [0.15, 0.2) is 0 Å². The molecule has 0 aliphatic heterocycles. The summed E-state index contributed by atoms with van der Waals surface area (Å²) in [6, 6.07) is 4.17. The van der Waals surface area contributed by atoms with Gasteiger partial charge in [-0.1, -0.05) is 0 Å². The van der Waals surface area contributed by atoms with Crippen molar-refractivity contribution in [3.05, 3.63) is 21.9 Å². The zero-order chi connectivity index (χ0) is 10.6. The second-order valence-electron chi connectivity index (χ2n) is 3.49. The number of hydrogen-bond acceptors (Lipinski definition) is 2. The summed E-state index contributed by atoms with van der Waals surface area (Å²) in [6.45, 7) is 6.54. The Bertz CT molecular complexity index is 307. The van der Waals surface area contributed by atoms with Crippen LogP contribution in [0.3, 0.4) is 0 Å². The van der Waals surface area contributed by atoms with Crippen LogP contribution < -0.4 is 10.6 Å². The largest absolute Gasteiger partial charge is 0.336 e. The number of hydrogen-bond donors (Lipinski definition) is 2. The predicted octanol–water partition coefficient (Wildman–Crippen LogP) is 2.26. The first-order valence-corrected chi connectivity index (χ1v) is 5.49. The molecule has 0 saturated heterocycles. The lowest BCUT2D eigenvalue weighted by molar-refractivity contribution is 0.238. The summed E-state index contributed by atoms with van der Waals surface area (Å²) >= 11 is 1.71. The van der Waals surface area contributed by atoms with Crippen molar-refractivity contribution in [2.45, 2.75) is 33.4 Å². The Labute approximate surface area is 88.5 Å². The highest BCUT2D eigenvalue weighted by atomic mass is 32.1. The van der Waals surface area contributed by atoms with Crippen LogP contribution in [0.1, 0.15) is 23.6 Å². The summed E-state index contributed by atoms with van der Waals surface area (Å²) in [6.07, 6.45) is 0. The predicted molar refractivity (Wildman–Crippen MR) is 59.6 cm³/mol. The summed E-state index contributed by atoms with van der Waals surface area (Å²) in [5.74, 6) is 0. The van der Waals surface area contributed by atoms with E-state index in [9.17, 15) is 4.79 Å². The van der Waals surface area contributed by atoms with Gasteiger partial charge in [-0.25, -0.2) is 4.79 Å². The lowest BCUT2D eigenvalue weighted by atomic mass is 10.4. The molecule has 4 heteroatoms. The molecule has 1 aromatic heterocycles. The van der Waals surface area contributed by atoms with E-state index in [1.807, 2.05) is 19.9 Å². The standard InChI is InChI=1S/C10H16N2OS/c1-7(2)12-10(13)11-6-9-5-4-8(3)14-9/h4-5,7H,6H2,1-3H3,(H2,11,12,13). The normalized spacial score (nSPS) is 10.3. The Hall–Kier alpha value is -1.03. The fraction of sp³-hybridized carbons (Fsp3) is 0.500. The molecule has 0 fully saturated rings. The summed E-state index contributed by atoms with van der Waals surface area (Å²) in [5, 5.41) is 5.58. The SMILES string of the molecule is Cc1ccc(CNC(=O)NC(C)C)s1. The lowest BCUT2D eigenvalue weighted by Crippen LogP contribution is -2.38. The van der Waals surface area contributed by atoms with Gasteiger partial charge in [0, 0.05) is 15.8 Å². The lowest BCUT2D eigenvalue weighted by Gasteiger charge is -2.08. The van der Waals surface area contributed by atoms with E-state index in [0.29, 0.717) is 6.54 Å². The molecule has 0 bridgehead atoms. The maximum absolute atomic E-state index is 11.2. The van der Waals surface area contributed by atoms with Crippen molar-refractivity contribution < 1.29 is 4.79 Å². The monoisotopic (exact) mass is 212 g/mol. The fourth-order valence-electron chi connectivity index (χ4n) is 1.06. The van der Waals surface area contributed by atoms with E-state index in [1.54, 1.807) is 11.3 Å². The van der Waals surface area contributed by atoms with Crippen molar-refractivity contribution in [1.29, 1.82) is 0 Å². The van der Waals surface area contributed by atoms with E-state index in [2.05, 4.69) is 23.6 Å². The van der Waals surface area contributed by atoms with Gasteiger partial charge in [0.05, 0.1) is 6.54 Å². The first kappa shape index (κ1) is 11.0. The number of carbonyl (C=O) groups is 1. The maximum Gasteiger partial charge on any atom is 0.315 e. The van der Waals surface area contributed by atoms with Crippen LogP contribution >= 0.6 is 11.3 Å². The maximum atomic E-state index is 11.2. The van der Waals surface area contributed by atoms with Gasteiger partial charge < -0.3 is 10.6 Å². The summed E-state index contributed by atoms with van der Waals surface area (Å²) in [7, 11) is 0. The molecule has 2 N–H and O–H groups in total. The molecule has 2 amide bonds. The van der Waals surface area contributed by atoms with E-state index in [-0.39, 0.29) is 12.1 Å². The van der Waals surface area contributed by atoms with E-state index >= 15 is 0 Å². The minimum Gasteiger partial charge on any atom is -0.336 e. The Morgan fingerprint density at radius 3 is 2.71 bits per heavy atom. The molecule has 0 atom stereocenters. The summed E-state index contributed by atoms with van der Waals surface area (Å²) in [4.78, 5) is 13.7. The second-order valence-corrected chi connectivity index (χ2v) is 4.87. The van der Waals surface area contributed by atoms with Gasteiger partial charge in [-0.2, -0.15) is 0 Å². The van der Waals surface area contributed by atoms with Crippen LogP contribution in [0.2, 0.25) is 0 Å². The molecule has 0 radical (unpaired) electrons. The zero-order valence-corrected chi connectivity index (χ0v) is 9.57. The molecule has 0 saturated carbocycles. The van der Waals surface area contributed by atoms with Gasteiger partial charge in [0.1, 0.15) is 0 Å². The van der Waals surface area contributed by atoms with E-state index < -0.39 is 0 Å². The van der Waals surface area contributed by atoms with Crippen molar-refractivity contribution >= 4 is 17.4 Å². The number of carbonyl (C=O) groups excluding carboxylic acids is 1. The molecule has 78 valence electrons. The average Bonchev–Trinajstić information content (AvgIpc) is 2.47. The van der Waals surface area contributed by atoms with Crippen molar-refractivity contribution in [3.63, 3.8) is 0 Å². The Morgan fingerprint density at radius 2 is 2.21 bits per heavy atom. The smallest absolute Gasteiger partial charge is 0.315 e. The third-order valence-corrected chi connectivity index (χ3v) is 2.64. The number of rotatable bonds is 3. The Kier molecular flexibility index (Phi) is 3.95. The highest BCUT2D eigenvalue weighted by Crippen LogP contribution is 2.14. The molecule has 0 aliphatic carbocycles. The van der Waals surface area contributed by atoms with Crippen LogP contribution in [0.4, 0.5) is 4.79 Å². The minimum atomic E-state index is -0.106. The molecule has 1 rings (SSSR count). The highest BCUT2D eigenvalue weighted by molar-refractivity contribution is 7.11. The number of thiophene rings is 1. The van der Waals surface area contributed by atoms with Crippen LogP contribution in [0.15, 0.2) is 12.1 Å². The third-order valence-electron chi connectivity index (χ3n) is 1.64.